The first-order chi connectivity index (χ1) is 8.88. The number of hydrogen-bond donors (Lipinski definition) is 1. The van der Waals surface area contributed by atoms with Crippen molar-refractivity contribution in [1.29, 1.82) is 0 Å². The molecule has 0 bridgehead atoms. The summed E-state index contributed by atoms with van der Waals surface area (Å²) in [5.74, 6) is 0.213. The SMILES string of the molecule is C[C@@H](N)c1ccc2ccccc2c1OCC(F)(F)F. The topological polar surface area (TPSA) is 35.2 Å². The van der Waals surface area contributed by atoms with Crippen LogP contribution in [-0.4, -0.2) is 12.8 Å². The van der Waals surface area contributed by atoms with Crippen LogP contribution >= 0.6 is 0 Å². The van der Waals surface area contributed by atoms with Crippen LogP contribution in [0.4, 0.5) is 13.2 Å². The lowest BCUT2D eigenvalue weighted by Gasteiger charge is -2.17. The highest BCUT2D eigenvalue weighted by Crippen LogP contribution is 2.33. The Kier molecular flexibility index (Phi) is 3.66. The molecule has 0 spiro atoms. The lowest BCUT2D eigenvalue weighted by atomic mass is 10.0. The Morgan fingerprint density at radius 2 is 1.84 bits per heavy atom. The summed E-state index contributed by atoms with van der Waals surface area (Å²) in [4.78, 5) is 0. The highest BCUT2D eigenvalue weighted by atomic mass is 19.4. The first-order valence-corrected chi connectivity index (χ1v) is 5.85. The summed E-state index contributed by atoms with van der Waals surface area (Å²) in [6.45, 7) is 0.394. The molecule has 2 aromatic rings. The van der Waals surface area contributed by atoms with E-state index in [0.717, 1.165) is 5.39 Å². The van der Waals surface area contributed by atoms with Crippen molar-refractivity contribution in [3.05, 3.63) is 42.0 Å². The van der Waals surface area contributed by atoms with Crippen molar-refractivity contribution in [3.8, 4) is 5.75 Å². The van der Waals surface area contributed by atoms with Crippen molar-refractivity contribution in [1.82, 2.24) is 0 Å². The molecule has 0 aromatic heterocycles. The molecule has 0 heterocycles. The molecule has 0 unspecified atom stereocenters. The van der Waals surface area contributed by atoms with Gasteiger partial charge in [0.05, 0.1) is 0 Å². The van der Waals surface area contributed by atoms with Gasteiger partial charge in [0.15, 0.2) is 6.61 Å². The zero-order chi connectivity index (χ0) is 14.0. The fraction of sp³-hybridized carbons (Fsp3) is 0.286. The molecule has 0 aliphatic heterocycles. The molecule has 2 N–H and O–H groups in total. The van der Waals surface area contributed by atoms with Gasteiger partial charge in [-0.25, -0.2) is 0 Å². The maximum atomic E-state index is 12.3. The Hall–Kier alpha value is -1.75. The van der Waals surface area contributed by atoms with E-state index in [0.29, 0.717) is 10.9 Å². The van der Waals surface area contributed by atoms with Gasteiger partial charge >= 0.3 is 6.18 Å². The molecule has 0 amide bonds. The lowest BCUT2D eigenvalue weighted by molar-refractivity contribution is -0.153. The van der Waals surface area contributed by atoms with E-state index in [4.69, 9.17) is 10.5 Å². The second-order valence-corrected chi connectivity index (χ2v) is 4.40. The molecular formula is C14H14F3NO. The first-order valence-electron chi connectivity index (χ1n) is 5.85. The molecule has 0 aliphatic carbocycles. The van der Waals surface area contributed by atoms with Gasteiger partial charge in [-0.05, 0) is 12.3 Å². The van der Waals surface area contributed by atoms with E-state index in [1.165, 1.54) is 0 Å². The minimum absolute atomic E-state index is 0.213. The summed E-state index contributed by atoms with van der Waals surface area (Å²) in [5, 5.41) is 1.46. The standard InChI is InChI=1S/C14H14F3NO/c1-9(18)11-7-6-10-4-2-3-5-12(10)13(11)19-8-14(15,16)17/h2-7,9H,8,18H2,1H3/t9-/m1/s1. The minimum Gasteiger partial charge on any atom is -0.483 e. The second-order valence-electron chi connectivity index (χ2n) is 4.40. The maximum Gasteiger partial charge on any atom is 0.422 e. The molecule has 0 aliphatic rings. The van der Waals surface area contributed by atoms with Gasteiger partial charge in [-0.1, -0.05) is 36.4 Å². The molecule has 102 valence electrons. The van der Waals surface area contributed by atoms with Crippen LogP contribution < -0.4 is 10.5 Å². The van der Waals surface area contributed by atoms with Crippen LogP contribution in [0.3, 0.4) is 0 Å². The monoisotopic (exact) mass is 269 g/mol. The molecule has 19 heavy (non-hydrogen) atoms. The molecule has 1 atom stereocenters. The van der Waals surface area contributed by atoms with Crippen molar-refractivity contribution in [2.45, 2.75) is 19.1 Å². The maximum absolute atomic E-state index is 12.3. The fourth-order valence-corrected chi connectivity index (χ4v) is 1.93. The van der Waals surface area contributed by atoms with Crippen LogP contribution in [0.25, 0.3) is 10.8 Å². The largest absolute Gasteiger partial charge is 0.483 e. The number of nitrogens with two attached hydrogens (primary N) is 1. The molecule has 0 radical (unpaired) electrons. The second kappa shape index (κ2) is 5.09. The normalized spacial score (nSPS) is 13.5. The zero-order valence-electron chi connectivity index (χ0n) is 10.4. The molecular weight excluding hydrogens is 255 g/mol. The van der Waals surface area contributed by atoms with E-state index in [9.17, 15) is 13.2 Å². The third kappa shape index (κ3) is 3.17. The highest BCUT2D eigenvalue weighted by Gasteiger charge is 2.29. The van der Waals surface area contributed by atoms with E-state index in [1.807, 2.05) is 18.2 Å². The van der Waals surface area contributed by atoms with Crippen LogP contribution in [-0.2, 0) is 0 Å². The zero-order valence-corrected chi connectivity index (χ0v) is 10.4. The Morgan fingerprint density at radius 1 is 1.16 bits per heavy atom. The first kappa shape index (κ1) is 13.7. The lowest BCUT2D eigenvalue weighted by Crippen LogP contribution is -2.20. The van der Waals surface area contributed by atoms with Gasteiger partial charge in [0.2, 0.25) is 0 Å². The number of rotatable bonds is 3. The highest BCUT2D eigenvalue weighted by molar-refractivity contribution is 5.89. The van der Waals surface area contributed by atoms with Crippen molar-refractivity contribution in [3.63, 3.8) is 0 Å². The third-order valence-electron chi connectivity index (χ3n) is 2.78. The number of halogens is 3. The number of benzene rings is 2. The van der Waals surface area contributed by atoms with Crippen molar-refractivity contribution < 1.29 is 17.9 Å². The number of fused-ring (bicyclic) bond motifs is 1. The van der Waals surface area contributed by atoms with E-state index in [1.54, 1.807) is 25.1 Å². The predicted molar refractivity (Wildman–Crippen MR) is 68.1 cm³/mol. The van der Waals surface area contributed by atoms with Crippen LogP contribution in [0.15, 0.2) is 36.4 Å². The Balaban J connectivity index is 2.50. The van der Waals surface area contributed by atoms with Crippen molar-refractivity contribution >= 4 is 10.8 Å². The van der Waals surface area contributed by atoms with Gasteiger partial charge in [0.25, 0.3) is 0 Å². The predicted octanol–water partition coefficient (Wildman–Crippen LogP) is 3.80. The molecule has 0 saturated carbocycles. The summed E-state index contributed by atoms with van der Waals surface area (Å²) >= 11 is 0. The van der Waals surface area contributed by atoms with Gasteiger partial charge in [0.1, 0.15) is 5.75 Å². The van der Waals surface area contributed by atoms with E-state index in [-0.39, 0.29) is 5.75 Å². The fourth-order valence-electron chi connectivity index (χ4n) is 1.93. The molecule has 2 aromatic carbocycles. The minimum atomic E-state index is -4.37. The van der Waals surface area contributed by atoms with E-state index >= 15 is 0 Å². The van der Waals surface area contributed by atoms with Crippen LogP contribution in [0.2, 0.25) is 0 Å². The van der Waals surface area contributed by atoms with Crippen LogP contribution in [0.1, 0.15) is 18.5 Å². The molecule has 0 saturated heterocycles. The van der Waals surface area contributed by atoms with Crippen LogP contribution in [0.5, 0.6) is 5.75 Å². The summed E-state index contributed by atoms with van der Waals surface area (Å²) < 4.78 is 41.9. The average Bonchev–Trinajstić information content (AvgIpc) is 2.34. The molecule has 2 nitrogen and oxygen atoms in total. The number of alkyl halides is 3. The quantitative estimate of drug-likeness (QED) is 0.919. The molecule has 2 rings (SSSR count). The third-order valence-corrected chi connectivity index (χ3v) is 2.78. The smallest absolute Gasteiger partial charge is 0.422 e. The van der Waals surface area contributed by atoms with Gasteiger partial charge in [-0.15, -0.1) is 0 Å². The Morgan fingerprint density at radius 3 is 2.47 bits per heavy atom. The van der Waals surface area contributed by atoms with Gasteiger partial charge in [-0.3, -0.25) is 0 Å². The number of ether oxygens (including phenoxy) is 1. The number of hydrogen-bond acceptors (Lipinski definition) is 2. The summed E-state index contributed by atoms with van der Waals surface area (Å²) in [6.07, 6.45) is -4.37. The Labute approximate surface area is 109 Å². The molecule has 0 fully saturated rings. The van der Waals surface area contributed by atoms with Gasteiger partial charge in [0, 0.05) is 17.0 Å². The van der Waals surface area contributed by atoms with Gasteiger partial charge < -0.3 is 10.5 Å². The van der Waals surface area contributed by atoms with Crippen molar-refractivity contribution in [2.24, 2.45) is 5.73 Å². The molecule has 5 heteroatoms. The average molecular weight is 269 g/mol. The summed E-state index contributed by atoms with van der Waals surface area (Å²) in [6, 6.07) is 10.3. The van der Waals surface area contributed by atoms with Crippen molar-refractivity contribution in [2.75, 3.05) is 6.61 Å². The van der Waals surface area contributed by atoms with Gasteiger partial charge in [-0.2, -0.15) is 13.2 Å². The summed E-state index contributed by atoms with van der Waals surface area (Å²) in [5.41, 5.74) is 6.36. The van der Waals surface area contributed by atoms with Crippen LogP contribution in [0, 0.1) is 0 Å². The summed E-state index contributed by atoms with van der Waals surface area (Å²) in [7, 11) is 0. The van der Waals surface area contributed by atoms with E-state index in [2.05, 4.69) is 0 Å². The van der Waals surface area contributed by atoms with E-state index < -0.39 is 18.8 Å². The Bertz CT molecular complexity index is 578.